The second kappa shape index (κ2) is 4.36. The molecular weight excluding hydrogens is 206 g/mol. The van der Waals surface area contributed by atoms with E-state index in [1.807, 2.05) is 20.8 Å². The van der Waals surface area contributed by atoms with Gasteiger partial charge >= 0.3 is 0 Å². The molecule has 1 fully saturated rings. The molecule has 0 atom stereocenters. The lowest BCUT2D eigenvalue weighted by atomic mass is 9.82. The largest absolute Gasteiger partial charge is 0.381 e. The van der Waals surface area contributed by atoms with Gasteiger partial charge in [0.25, 0.3) is 0 Å². The summed E-state index contributed by atoms with van der Waals surface area (Å²) in [7, 11) is 0. The first-order valence-corrected chi connectivity index (χ1v) is 5.55. The number of hydrogen-bond donors (Lipinski definition) is 0. The predicted octanol–water partition coefficient (Wildman–Crippen LogP) is 2.12. The number of ketones is 1. The van der Waals surface area contributed by atoms with Gasteiger partial charge in [0.1, 0.15) is 5.71 Å². The van der Waals surface area contributed by atoms with E-state index in [2.05, 4.69) is 5.16 Å². The molecule has 0 aromatic rings. The summed E-state index contributed by atoms with van der Waals surface area (Å²) in [4.78, 5) is 27.8. The van der Waals surface area contributed by atoms with Gasteiger partial charge in [-0.05, 0) is 26.2 Å². The normalized spacial score (nSPS) is 19.9. The fourth-order valence-electron chi connectivity index (χ4n) is 1.50. The molecule has 0 N–H and O–H groups in total. The number of nitrogens with zero attached hydrogens (tertiary/aromatic N) is 1. The van der Waals surface area contributed by atoms with Crippen LogP contribution >= 0.6 is 0 Å². The van der Waals surface area contributed by atoms with Crippen molar-refractivity contribution in [1.29, 1.82) is 0 Å². The van der Waals surface area contributed by atoms with Gasteiger partial charge in [-0.25, -0.2) is 0 Å². The summed E-state index contributed by atoms with van der Waals surface area (Å²) in [5.74, 6) is -0.0622. The summed E-state index contributed by atoms with van der Waals surface area (Å²) in [6, 6.07) is 0. The third-order valence-electron chi connectivity index (χ3n) is 2.79. The van der Waals surface area contributed by atoms with E-state index >= 15 is 0 Å². The van der Waals surface area contributed by atoms with Crippen LogP contribution in [0.1, 0.15) is 47.0 Å². The number of aldehydes is 1. The highest BCUT2D eigenvalue weighted by Gasteiger charge is 2.40. The second-order valence-corrected chi connectivity index (χ2v) is 5.38. The number of rotatable bonds is 4. The van der Waals surface area contributed by atoms with Gasteiger partial charge < -0.3 is 4.84 Å². The minimum atomic E-state index is -0.764. The smallest absolute Gasteiger partial charge is 0.192 e. The molecule has 16 heavy (non-hydrogen) atoms. The topological polar surface area (TPSA) is 55.7 Å². The molecule has 90 valence electrons. The van der Waals surface area contributed by atoms with Crippen molar-refractivity contribution in [2.24, 2.45) is 10.6 Å². The Labute approximate surface area is 96.0 Å². The molecule has 0 spiro atoms. The minimum absolute atomic E-state index is 0.0622. The minimum Gasteiger partial charge on any atom is -0.381 e. The van der Waals surface area contributed by atoms with Gasteiger partial charge in [0.15, 0.2) is 17.7 Å². The van der Waals surface area contributed by atoms with Crippen molar-refractivity contribution in [1.82, 2.24) is 0 Å². The average molecular weight is 225 g/mol. The molecule has 4 heteroatoms. The van der Waals surface area contributed by atoms with Crippen molar-refractivity contribution >= 4 is 17.8 Å². The fraction of sp³-hybridized carbons (Fsp3) is 0.750. The van der Waals surface area contributed by atoms with E-state index in [1.54, 1.807) is 6.92 Å². The van der Waals surface area contributed by atoms with Gasteiger partial charge in [-0.2, -0.15) is 0 Å². The van der Waals surface area contributed by atoms with E-state index in [4.69, 9.17) is 4.84 Å². The Hall–Kier alpha value is -1.19. The maximum Gasteiger partial charge on any atom is 0.192 e. The van der Waals surface area contributed by atoms with E-state index in [-0.39, 0.29) is 5.78 Å². The van der Waals surface area contributed by atoms with Crippen LogP contribution in [0.3, 0.4) is 0 Å². The van der Waals surface area contributed by atoms with Gasteiger partial charge in [-0.1, -0.05) is 25.9 Å². The van der Waals surface area contributed by atoms with E-state index < -0.39 is 11.0 Å². The average Bonchev–Trinajstić information content (AvgIpc) is 2.14. The zero-order valence-electron chi connectivity index (χ0n) is 10.4. The maximum atomic E-state index is 11.8. The SMILES string of the molecule is C/C(=N\OC1(C=O)CCC1)C(=O)C(C)(C)C. The molecular formula is C12H19NO3. The first kappa shape index (κ1) is 12.9. The van der Waals surface area contributed by atoms with Crippen molar-refractivity contribution in [3.05, 3.63) is 0 Å². The van der Waals surface area contributed by atoms with Crippen LogP contribution in [-0.2, 0) is 14.4 Å². The van der Waals surface area contributed by atoms with E-state index in [0.717, 1.165) is 12.7 Å². The van der Waals surface area contributed by atoms with Crippen LogP contribution in [0.5, 0.6) is 0 Å². The Balaban J connectivity index is 2.64. The highest BCUT2D eigenvalue weighted by atomic mass is 16.7. The van der Waals surface area contributed by atoms with E-state index in [9.17, 15) is 9.59 Å². The Kier molecular flexibility index (Phi) is 3.51. The second-order valence-electron chi connectivity index (χ2n) is 5.38. The molecule has 0 aromatic carbocycles. The monoisotopic (exact) mass is 225 g/mol. The Bertz CT molecular complexity index is 322. The van der Waals surface area contributed by atoms with Crippen LogP contribution < -0.4 is 0 Å². The maximum absolute atomic E-state index is 11.8. The van der Waals surface area contributed by atoms with Gasteiger partial charge in [0.2, 0.25) is 0 Å². The first-order chi connectivity index (χ1) is 7.31. The van der Waals surface area contributed by atoms with Crippen LogP contribution in [0, 0.1) is 5.41 Å². The van der Waals surface area contributed by atoms with Crippen LogP contribution in [0.25, 0.3) is 0 Å². The lowest BCUT2D eigenvalue weighted by molar-refractivity contribution is -0.144. The van der Waals surface area contributed by atoms with Crippen LogP contribution in [0.2, 0.25) is 0 Å². The van der Waals surface area contributed by atoms with Crippen molar-refractivity contribution in [2.45, 2.75) is 52.6 Å². The Morgan fingerprint density at radius 1 is 1.38 bits per heavy atom. The summed E-state index contributed by atoms with van der Waals surface area (Å²) in [5, 5.41) is 3.79. The predicted molar refractivity (Wildman–Crippen MR) is 61.3 cm³/mol. The highest BCUT2D eigenvalue weighted by molar-refractivity contribution is 6.40. The van der Waals surface area contributed by atoms with E-state index in [1.165, 1.54) is 0 Å². The van der Waals surface area contributed by atoms with Crippen LogP contribution in [0.4, 0.5) is 0 Å². The molecule has 1 aliphatic carbocycles. The highest BCUT2D eigenvalue weighted by Crippen LogP contribution is 2.33. The lowest BCUT2D eigenvalue weighted by Crippen LogP contribution is -2.41. The van der Waals surface area contributed by atoms with Crippen molar-refractivity contribution < 1.29 is 14.4 Å². The molecule has 1 aliphatic rings. The van der Waals surface area contributed by atoms with Crippen LogP contribution in [-0.4, -0.2) is 23.4 Å². The van der Waals surface area contributed by atoms with Gasteiger partial charge in [0, 0.05) is 5.41 Å². The third kappa shape index (κ3) is 2.68. The Morgan fingerprint density at radius 2 is 1.94 bits per heavy atom. The summed E-state index contributed by atoms with van der Waals surface area (Å²) in [6.45, 7) is 7.10. The summed E-state index contributed by atoms with van der Waals surface area (Å²) >= 11 is 0. The third-order valence-corrected chi connectivity index (χ3v) is 2.79. The molecule has 0 unspecified atom stereocenters. The zero-order chi connectivity index (χ0) is 12.4. The zero-order valence-corrected chi connectivity index (χ0v) is 10.4. The lowest BCUT2D eigenvalue weighted by Gasteiger charge is -2.33. The van der Waals surface area contributed by atoms with Gasteiger partial charge in [0.05, 0.1) is 0 Å². The summed E-state index contributed by atoms with van der Waals surface area (Å²) < 4.78 is 0. The molecule has 0 saturated heterocycles. The van der Waals surface area contributed by atoms with E-state index in [0.29, 0.717) is 18.6 Å². The summed E-state index contributed by atoms with van der Waals surface area (Å²) in [6.07, 6.45) is 3.14. The first-order valence-electron chi connectivity index (χ1n) is 5.55. The molecule has 0 aromatic heterocycles. The standard InChI is InChI=1S/C12H19NO3/c1-9(10(15)11(2,3)4)13-16-12(8-14)6-5-7-12/h8H,5-7H2,1-4H3/b13-9+. The van der Waals surface area contributed by atoms with Crippen LogP contribution in [0.15, 0.2) is 5.16 Å². The molecule has 1 saturated carbocycles. The number of carbonyl (C=O) groups is 2. The van der Waals surface area contributed by atoms with Gasteiger partial charge in [-0.15, -0.1) is 0 Å². The number of hydrogen-bond acceptors (Lipinski definition) is 4. The van der Waals surface area contributed by atoms with Crippen molar-refractivity contribution in [3.8, 4) is 0 Å². The molecule has 1 rings (SSSR count). The number of carbonyl (C=O) groups excluding carboxylic acids is 2. The molecule has 4 nitrogen and oxygen atoms in total. The number of Topliss-reactive ketones (excluding diaryl/α,β-unsaturated/α-hetero) is 1. The Morgan fingerprint density at radius 3 is 2.25 bits per heavy atom. The molecule has 0 aliphatic heterocycles. The fourth-order valence-corrected chi connectivity index (χ4v) is 1.50. The van der Waals surface area contributed by atoms with Crippen molar-refractivity contribution in [3.63, 3.8) is 0 Å². The molecule has 0 radical (unpaired) electrons. The summed E-state index contributed by atoms with van der Waals surface area (Å²) in [5.41, 5.74) is -0.912. The number of oxime groups is 1. The molecule has 0 bridgehead atoms. The van der Waals surface area contributed by atoms with Crippen molar-refractivity contribution in [2.75, 3.05) is 0 Å². The van der Waals surface area contributed by atoms with Gasteiger partial charge in [-0.3, -0.25) is 9.59 Å². The quantitative estimate of drug-likeness (QED) is 0.418. The molecule has 0 amide bonds. The molecule has 0 heterocycles.